The molecule has 0 fully saturated rings. The Hall–Kier alpha value is -1.29. The van der Waals surface area contributed by atoms with Crippen LogP contribution in [0.4, 0.5) is 0 Å². The van der Waals surface area contributed by atoms with Crippen molar-refractivity contribution in [3.8, 4) is 0 Å². The standard InChI is InChI=1S/C16H28N2O4.H3O4P/c1-5-12(6-2)22-14-9-11(16(20)21-7-3)8-13(17)15(14)18-10(4)19;1-5(2,3)4/h9,12-15H,5-8,17H2,1-4H3,(H,18,19);(H3,1,2,3,4)/t13-,14+,15+;/m0./s1/i/hD3. The van der Waals surface area contributed by atoms with Gasteiger partial charge in [0.05, 0.1) is 24.9 Å². The van der Waals surface area contributed by atoms with Gasteiger partial charge >= 0.3 is 13.8 Å². The first-order valence-corrected chi connectivity index (χ1v) is 10.2. The first kappa shape index (κ1) is 20.4. The van der Waals surface area contributed by atoms with Gasteiger partial charge in [0.25, 0.3) is 0 Å². The van der Waals surface area contributed by atoms with E-state index in [9.17, 15) is 14.2 Å². The Kier molecular flexibility index (Phi) is 9.26. The Morgan fingerprint density at radius 3 is 2.37 bits per heavy atom. The summed E-state index contributed by atoms with van der Waals surface area (Å²) in [6.07, 6.45) is 3.48. The van der Waals surface area contributed by atoms with E-state index in [1.54, 1.807) is 13.0 Å². The number of carbonyl (C=O) groups is 2. The van der Waals surface area contributed by atoms with Gasteiger partial charge in [-0.25, -0.2) is 9.36 Å². The van der Waals surface area contributed by atoms with Crippen molar-refractivity contribution < 1.29 is 38.3 Å². The van der Waals surface area contributed by atoms with Crippen LogP contribution in [0.1, 0.15) is 47.0 Å². The average Bonchev–Trinajstić information content (AvgIpc) is 2.73. The van der Waals surface area contributed by atoms with Gasteiger partial charge in [-0.1, -0.05) is 13.8 Å². The molecule has 0 saturated heterocycles. The fourth-order valence-electron chi connectivity index (χ4n) is 2.62. The summed E-state index contributed by atoms with van der Waals surface area (Å²) in [5.41, 5.74) is 6.68. The summed E-state index contributed by atoms with van der Waals surface area (Å²) in [6, 6.07) is -0.719. The minimum absolute atomic E-state index is 0.0613. The number of nitrogens with two attached hydrogens (primary N) is 1. The van der Waals surface area contributed by atoms with Crippen LogP contribution in [-0.4, -0.2) is 61.8 Å². The number of esters is 1. The molecule has 0 saturated carbocycles. The summed E-state index contributed by atoms with van der Waals surface area (Å²) in [5, 5.41) is 2.84. The van der Waals surface area contributed by atoms with E-state index in [2.05, 4.69) is 20.0 Å². The van der Waals surface area contributed by atoms with E-state index in [0.717, 1.165) is 12.8 Å². The molecule has 0 aromatic carbocycles. The molecule has 11 heteroatoms. The van der Waals surface area contributed by atoms with Crippen molar-refractivity contribution in [2.24, 2.45) is 5.73 Å². The maximum atomic E-state index is 12.0. The van der Waals surface area contributed by atoms with Crippen LogP contribution in [0.2, 0.25) is 0 Å². The number of hydrogen-bond donors (Lipinski definition) is 5. The lowest BCUT2D eigenvalue weighted by atomic mass is 9.88. The van der Waals surface area contributed by atoms with Crippen LogP contribution in [-0.2, 0) is 23.6 Å². The molecule has 0 bridgehead atoms. The van der Waals surface area contributed by atoms with Crippen molar-refractivity contribution in [3.63, 3.8) is 0 Å². The minimum Gasteiger partial charge on any atom is -0.463 e. The highest BCUT2D eigenvalue weighted by molar-refractivity contribution is 7.45. The number of amides is 1. The molecule has 1 aliphatic carbocycles. The van der Waals surface area contributed by atoms with Crippen molar-refractivity contribution in [3.05, 3.63) is 11.6 Å². The topological polar surface area (TPSA) is 168 Å². The molecule has 0 radical (unpaired) electrons. The minimum atomic E-state index is -4.16. The molecule has 1 amide bonds. The van der Waals surface area contributed by atoms with E-state index in [-0.39, 0.29) is 30.1 Å². The Morgan fingerprint density at radius 1 is 1.37 bits per heavy atom. The Balaban J connectivity index is 0.000000890. The monoisotopic (exact) mass is 413 g/mol. The summed E-state index contributed by atoms with van der Waals surface area (Å²) in [6.45, 7) is 7.62. The normalized spacial score (nSPS) is 23.9. The van der Waals surface area contributed by atoms with Gasteiger partial charge in [0.1, 0.15) is 0 Å². The first-order chi connectivity index (χ1) is 14.1. The second-order valence-electron chi connectivity index (χ2n) is 5.99. The maximum absolute atomic E-state index is 12.0. The van der Waals surface area contributed by atoms with Gasteiger partial charge in [0, 0.05) is 18.5 Å². The van der Waals surface area contributed by atoms with E-state index in [0.29, 0.717) is 18.6 Å². The van der Waals surface area contributed by atoms with Crippen LogP contribution in [0.25, 0.3) is 0 Å². The van der Waals surface area contributed by atoms with Crippen molar-refractivity contribution in [2.45, 2.75) is 71.2 Å². The van der Waals surface area contributed by atoms with Gasteiger partial charge in [-0.2, -0.15) is 0 Å². The summed E-state index contributed by atoms with van der Waals surface area (Å²) in [7, 11) is -4.16. The van der Waals surface area contributed by atoms with Gasteiger partial charge in [-0.3, -0.25) is 4.79 Å². The molecule has 158 valence electrons. The SMILES string of the molecule is CCOC(=O)C1=C[C@@H](OC(CC)CC)[C@H](NC(C)=O)[C@@H](N)C1.[2H]OP(=O)(O[2H])O[2H]. The summed E-state index contributed by atoms with van der Waals surface area (Å²) < 4.78 is 38.9. The lowest BCUT2D eigenvalue weighted by Gasteiger charge is -2.36. The number of phosphoric acid groups is 1. The van der Waals surface area contributed by atoms with E-state index in [1.165, 1.54) is 6.92 Å². The third-order valence-corrected chi connectivity index (χ3v) is 3.80. The number of carbonyl (C=O) groups excluding carboxylic acids is 2. The second kappa shape index (κ2) is 12.2. The van der Waals surface area contributed by atoms with Gasteiger partial charge in [-0.05, 0) is 32.3 Å². The number of rotatable bonds is 10. The van der Waals surface area contributed by atoms with Gasteiger partial charge in [0.15, 0.2) is 0 Å². The average molecular weight is 413 g/mol. The molecule has 3 atom stereocenters. The predicted molar refractivity (Wildman–Crippen MR) is 98.4 cm³/mol. The molecule has 0 spiro atoms. The van der Waals surface area contributed by atoms with Crippen molar-refractivity contribution in [1.29, 1.82) is 4.29 Å². The molecule has 6 N–H and O–H groups in total. The highest BCUT2D eigenvalue weighted by Gasteiger charge is 2.35. The lowest BCUT2D eigenvalue weighted by molar-refractivity contribution is -0.139. The van der Waals surface area contributed by atoms with Crippen molar-refractivity contribution >= 4 is 19.7 Å². The predicted octanol–water partition coefficient (Wildman–Crippen LogP) is 0.357. The van der Waals surface area contributed by atoms with E-state index < -0.39 is 13.9 Å². The van der Waals surface area contributed by atoms with E-state index >= 15 is 0 Å². The molecule has 0 aromatic heterocycles. The quantitative estimate of drug-likeness (QED) is 0.251. The number of hydrogen-bond acceptors (Lipinski definition) is 9. The number of nitrogens with one attached hydrogen (secondary N) is 1. The Morgan fingerprint density at radius 2 is 1.96 bits per heavy atom. The van der Waals surface area contributed by atoms with Gasteiger partial charge < -0.3 is 35.2 Å². The molecule has 10 nitrogen and oxygen atoms in total. The van der Waals surface area contributed by atoms with Crippen LogP contribution in [0.15, 0.2) is 11.6 Å². The molecular weight excluding hydrogens is 379 g/mol. The Bertz CT molecular complexity index is 602. The van der Waals surface area contributed by atoms with Crippen LogP contribution in [0, 0.1) is 0 Å². The maximum Gasteiger partial charge on any atom is 0.466 e. The van der Waals surface area contributed by atoms with E-state index in [4.69, 9.17) is 19.5 Å². The van der Waals surface area contributed by atoms with Crippen LogP contribution in [0.5, 0.6) is 0 Å². The van der Waals surface area contributed by atoms with E-state index in [1.807, 2.05) is 13.8 Å². The molecule has 0 aliphatic heterocycles. The molecule has 1 aliphatic rings. The fraction of sp³-hybridized carbons (Fsp3) is 0.750. The number of ether oxygens (including phenoxy) is 2. The fourth-order valence-corrected chi connectivity index (χ4v) is 2.62. The zero-order valence-electron chi connectivity index (χ0n) is 19.0. The summed E-state index contributed by atoms with van der Waals surface area (Å²) >= 11 is 0. The molecule has 0 unspecified atom stereocenters. The summed E-state index contributed by atoms with van der Waals surface area (Å²) in [4.78, 5) is 33.0. The third kappa shape index (κ3) is 11.2. The molecular formula is C16H31N2O8P. The van der Waals surface area contributed by atoms with Gasteiger partial charge in [-0.15, -0.1) is 0 Å². The highest BCUT2D eigenvalue weighted by atomic mass is 31.2. The zero-order chi connectivity index (χ0) is 23.3. The zero-order valence-corrected chi connectivity index (χ0v) is 16.9. The Labute approximate surface area is 163 Å². The molecule has 0 aromatic rings. The molecule has 27 heavy (non-hydrogen) atoms. The summed E-state index contributed by atoms with van der Waals surface area (Å²) in [5.74, 6) is -0.524. The van der Waals surface area contributed by atoms with Crippen LogP contribution in [0.3, 0.4) is 0 Å². The smallest absolute Gasteiger partial charge is 0.463 e. The largest absolute Gasteiger partial charge is 0.466 e. The highest BCUT2D eigenvalue weighted by Crippen LogP contribution is 2.26. The van der Waals surface area contributed by atoms with Crippen molar-refractivity contribution in [1.82, 2.24) is 5.32 Å². The first-order valence-electron chi connectivity index (χ1n) is 9.94. The third-order valence-electron chi connectivity index (χ3n) is 3.80. The molecule has 1 rings (SSSR count). The van der Waals surface area contributed by atoms with Gasteiger partial charge in [0.2, 0.25) is 10.2 Å². The van der Waals surface area contributed by atoms with Crippen LogP contribution < -0.4 is 11.1 Å². The van der Waals surface area contributed by atoms with Crippen molar-refractivity contribution in [2.75, 3.05) is 6.61 Å². The second-order valence-corrected chi connectivity index (χ2v) is 6.89. The lowest BCUT2D eigenvalue weighted by Crippen LogP contribution is -2.57. The molecule has 0 heterocycles. The van der Waals surface area contributed by atoms with Crippen LogP contribution >= 0.6 is 7.82 Å².